The van der Waals surface area contributed by atoms with E-state index in [2.05, 4.69) is 10.2 Å². The topological polar surface area (TPSA) is 67.4 Å². The largest absolute Gasteiger partial charge is 0.454 e. The molecule has 1 aromatic heterocycles. The Labute approximate surface area is 98.0 Å². The van der Waals surface area contributed by atoms with Crippen LogP contribution >= 0.6 is 0 Å². The van der Waals surface area contributed by atoms with Crippen molar-refractivity contribution < 1.29 is 14.6 Å². The number of rotatable bonds is 2. The van der Waals surface area contributed by atoms with E-state index in [4.69, 9.17) is 9.47 Å². The first kappa shape index (κ1) is 10.2. The van der Waals surface area contributed by atoms with Crippen molar-refractivity contribution in [3.8, 4) is 22.8 Å². The minimum Gasteiger partial charge on any atom is -0.454 e. The fourth-order valence-electron chi connectivity index (χ4n) is 1.90. The van der Waals surface area contributed by atoms with Gasteiger partial charge in [-0.1, -0.05) is 0 Å². The molecule has 1 aliphatic rings. The average molecular weight is 232 g/mol. The summed E-state index contributed by atoms with van der Waals surface area (Å²) >= 11 is 0. The molecule has 0 atom stereocenters. The number of aliphatic hydroxyl groups excluding tert-OH is 1. The number of nitrogens with zero attached hydrogens (tertiary/aromatic N) is 1. The number of H-pyrrole nitrogens is 1. The number of hydrogen-bond donors (Lipinski definition) is 2. The first-order valence-electron chi connectivity index (χ1n) is 5.33. The molecule has 0 spiro atoms. The highest BCUT2D eigenvalue weighted by molar-refractivity contribution is 5.73. The summed E-state index contributed by atoms with van der Waals surface area (Å²) in [5.74, 6) is 1.35. The molecule has 17 heavy (non-hydrogen) atoms. The molecule has 5 heteroatoms. The first-order valence-corrected chi connectivity index (χ1v) is 5.33. The molecule has 0 aliphatic carbocycles. The number of hydrogen-bond acceptors (Lipinski definition) is 4. The Kier molecular flexibility index (Phi) is 2.26. The Morgan fingerprint density at radius 1 is 1.35 bits per heavy atom. The van der Waals surface area contributed by atoms with E-state index < -0.39 is 0 Å². The number of fused-ring (bicyclic) bond motifs is 1. The van der Waals surface area contributed by atoms with E-state index in [1.54, 1.807) is 6.07 Å². The molecule has 0 saturated heterocycles. The molecule has 2 N–H and O–H groups in total. The van der Waals surface area contributed by atoms with Gasteiger partial charge in [0.25, 0.3) is 0 Å². The van der Waals surface area contributed by atoms with Crippen LogP contribution in [0.2, 0.25) is 0 Å². The molecular formula is C12H12N2O3. The van der Waals surface area contributed by atoms with Gasteiger partial charge in [-0.2, -0.15) is 5.10 Å². The fraction of sp³-hybridized carbons (Fsp3) is 0.250. The summed E-state index contributed by atoms with van der Waals surface area (Å²) in [5.41, 5.74) is 3.39. The molecule has 88 valence electrons. The normalized spacial score (nSPS) is 13.1. The van der Waals surface area contributed by atoms with Crippen molar-refractivity contribution in [2.24, 2.45) is 0 Å². The summed E-state index contributed by atoms with van der Waals surface area (Å²) in [6.07, 6.45) is 0. The Hall–Kier alpha value is -2.01. The first-order chi connectivity index (χ1) is 8.28. The van der Waals surface area contributed by atoms with Crippen LogP contribution in [0.3, 0.4) is 0 Å². The monoisotopic (exact) mass is 232 g/mol. The van der Waals surface area contributed by atoms with Crippen molar-refractivity contribution in [2.45, 2.75) is 13.5 Å². The minimum atomic E-state index is -0.0347. The van der Waals surface area contributed by atoms with Gasteiger partial charge in [-0.05, 0) is 30.7 Å². The summed E-state index contributed by atoms with van der Waals surface area (Å²) in [4.78, 5) is 0. The van der Waals surface area contributed by atoms with Gasteiger partial charge in [0.1, 0.15) is 0 Å². The van der Waals surface area contributed by atoms with Gasteiger partial charge in [-0.15, -0.1) is 0 Å². The van der Waals surface area contributed by atoms with Crippen LogP contribution in [0, 0.1) is 6.92 Å². The second-order valence-electron chi connectivity index (χ2n) is 3.97. The number of aromatic nitrogens is 2. The van der Waals surface area contributed by atoms with Crippen molar-refractivity contribution in [3.63, 3.8) is 0 Å². The lowest BCUT2D eigenvalue weighted by molar-refractivity contribution is 0.174. The van der Waals surface area contributed by atoms with Crippen molar-refractivity contribution >= 4 is 0 Å². The Bertz CT molecular complexity index is 563. The van der Waals surface area contributed by atoms with Crippen LogP contribution in [0.5, 0.6) is 11.5 Å². The number of nitrogens with one attached hydrogen (secondary N) is 1. The fourth-order valence-corrected chi connectivity index (χ4v) is 1.90. The molecule has 0 radical (unpaired) electrons. The quantitative estimate of drug-likeness (QED) is 0.825. The number of aromatic amines is 1. The minimum absolute atomic E-state index is 0.0347. The van der Waals surface area contributed by atoms with Crippen LogP contribution in [-0.2, 0) is 6.61 Å². The standard InChI is InChI=1S/C12H12N2O3/c1-7-2-10(14-13-7)9-3-8(5-15)4-11-12(9)17-6-16-11/h2-4,15H,5-6H2,1H3,(H,13,14). The molecular weight excluding hydrogens is 220 g/mol. The molecule has 2 heterocycles. The average Bonchev–Trinajstić information content (AvgIpc) is 2.95. The van der Waals surface area contributed by atoms with E-state index in [0.717, 1.165) is 22.5 Å². The van der Waals surface area contributed by atoms with E-state index in [9.17, 15) is 5.11 Å². The van der Waals surface area contributed by atoms with Crippen molar-refractivity contribution in [3.05, 3.63) is 29.5 Å². The maximum atomic E-state index is 9.22. The molecule has 3 rings (SSSR count). The highest BCUT2D eigenvalue weighted by Crippen LogP contribution is 2.41. The van der Waals surface area contributed by atoms with Crippen LogP contribution < -0.4 is 9.47 Å². The molecule has 2 aromatic rings. The summed E-state index contributed by atoms with van der Waals surface area (Å²) in [5, 5.41) is 16.3. The predicted molar refractivity (Wildman–Crippen MR) is 60.8 cm³/mol. The summed E-state index contributed by atoms with van der Waals surface area (Å²) < 4.78 is 10.8. The maximum absolute atomic E-state index is 9.22. The van der Waals surface area contributed by atoms with Gasteiger partial charge in [0.15, 0.2) is 11.5 Å². The van der Waals surface area contributed by atoms with Gasteiger partial charge in [0, 0.05) is 11.3 Å². The van der Waals surface area contributed by atoms with E-state index in [1.165, 1.54) is 0 Å². The Morgan fingerprint density at radius 3 is 2.94 bits per heavy atom. The lowest BCUT2D eigenvalue weighted by Gasteiger charge is -2.05. The van der Waals surface area contributed by atoms with Crippen molar-refractivity contribution in [2.75, 3.05) is 6.79 Å². The third kappa shape index (κ3) is 1.64. The van der Waals surface area contributed by atoms with Crippen LogP contribution in [0.15, 0.2) is 18.2 Å². The number of ether oxygens (including phenoxy) is 2. The SMILES string of the molecule is Cc1cc(-c2cc(CO)cc3c2OCO3)n[nH]1. The molecule has 0 unspecified atom stereocenters. The Balaban J connectivity index is 2.18. The van der Waals surface area contributed by atoms with Crippen molar-refractivity contribution in [1.82, 2.24) is 10.2 Å². The second-order valence-corrected chi connectivity index (χ2v) is 3.97. The number of benzene rings is 1. The summed E-state index contributed by atoms with van der Waals surface area (Å²) in [7, 11) is 0. The lowest BCUT2D eigenvalue weighted by atomic mass is 10.1. The highest BCUT2D eigenvalue weighted by Gasteiger charge is 2.21. The van der Waals surface area contributed by atoms with Gasteiger partial charge in [0.05, 0.1) is 12.3 Å². The molecule has 0 saturated carbocycles. The van der Waals surface area contributed by atoms with E-state index in [-0.39, 0.29) is 13.4 Å². The van der Waals surface area contributed by atoms with Crippen LogP contribution in [0.25, 0.3) is 11.3 Å². The van der Waals surface area contributed by atoms with Gasteiger partial charge in [0.2, 0.25) is 6.79 Å². The number of aryl methyl sites for hydroxylation is 1. The second kappa shape index (κ2) is 3.78. The van der Waals surface area contributed by atoms with Gasteiger partial charge < -0.3 is 14.6 Å². The highest BCUT2D eigenvalue weighted by atomic mass is 16.7. The Morgan fingerprint density at radius 2 is 2.24 bits per heavy atom. The van der Waals surface area contributed by atoms with Gasteiger partial charge >= 0.3 is 0 Å². The zero-order valence-electron chi connectivity index (χ0n) is 9.36. The third-order valence-corrected chi connectivity index (χ3v) is 2.70. The van der Waals surface area contributed by atoms with Crippen molar-refractivity contribution in [1.29, 1.82) is 0 Å². The van der Waals surface area contributed by atoms with Gasteiger partial charge in [-0.3, -0.25) is 5.10 Å². The zero-order chi connectivity index (χ0) is 11.8. The molecule has 1 aliphatic heterocycles. The van der Waals surface area contributed by atoms with Gasteiger partial charge in [-0.25, -0.2) is 0 Å². The molecule has 5 nitrogen and oxygen atoms in total. The third-order valence-electron chi connectivity index (χ3n) is 2.70. The summed E-state index contributed by atoms with van der Waals surface area (Å²) in [6.45, 7) is 2.11. The summed E-state index contributed by atoms with van der Waals surface area (Å²) in [6, 6.07) is 5.58. The predicted octanol–water partition coefficient (Wildman–Crippen LogP) is 1.61. The molecule has 0 amide bonds. The molecule has 1 aromatic carbocycles. The van der Waals surface area contributed by atoms with E-state index >= 15 is 0 Å². The maximum Gasteiger partial charge on any atom is 0.231 e. The number of aliphatic hydroxyl groups is 1. The lowest BCUT2D eigenvalue weighted by Crippen LogP contribution is -1.93. The van der Waals surface area contributed by atoms with Crippen LogP contribution in [-0.4, -0.2) is 22.1 Å². The molecule has 0 bridgehead atoms. The molecule has 0 fully saturated rings. The van der Waals surface area contributed by atoms with E-state index in [0.29, 0.717) is 11.5 Å². The van der Waals surface area contributed by atoms with E-state index in [1.807, 2.05) is 19.1 Å². The smallest absolute Gasteiger partial charge is 0.231 e. The zero-order valence-corrected chi connectivity index (χ0v) is 9.36. The van der Waals surface area contributed by atoms with Crippen LogP contribution in [0.4, 0.5) is 0 Å². The van der Waals surface area contributed by atoms with Crippen LogP contribution in [0.1, 0.15) is 11.3 Å².